The summed E-state index contributed by atoms with van der Waals surface area (Å²) < 4.78 is 0. The number of aromatic amines is 2. The first kappa shape index (κ1) is 11.7. The Kier molecular flexibility index (Phi) is 3.19. The zero-order chi connectivity index (χ0) is 12.4. The number of aromatic hydroxyl groups is 1. The summed E-state index contributed by atoms with van der Waals surface area (Å²) in [6.45, 7) is 3.07. The molecule has 1 aromatic rings. The van der Waals surface area contributed by atoms with Crippen LogP contribution in [0.25, 0.3) is 0 Å². The van der Waals surface area contributed by atoms with Gasteiger partial charge in [0.15, 0.2) is 0 Å². The Morgan fingerprint density at radius 3 is 2.47 bits per heavy atom. The molecular formula is C10H16N4O3. The molecule has 1 saturated heterocycles. The van der Waals surface area contributed by atoms with Gasteiger partial charge in [-0.1, -0.05) is 0 Å². The number of hydrogen-bond acceptors (Lipinski definition) is 4. The molecule has 1 amide bonds. The van der Waals surface area contributed by atoms with Crippen molar-refractivity contribution >= 4 is 5.91 Å². The van der Waals surface area contributed by atoms with Gasteiger partial charge in [-0.2, -0.15) is 0 Å². The fraction of sp³-hybridized carbons (Fsp3) is 0.600. The third-order valence-corrected chi connectivity index (χ3v) is 2.97. The average Bonchev–Trinajstić information content (AvgIpc) is 2.58. The minimum Gasteiger partial charge on any atom is -0.493 e. The summed E-state index contributed by atoms with van der Waals surface area (Å²) in [6.07, 6.45) is 0.0221. The van der Waals surface area contributed by atoms with Crippen molar-refractivity contribution < 1.29 is 9.90 Å². The van der Waals surface area contributed by atoms with Crippen LogP contribution >= 0.6 is 0 Å². The van der Waals surface area contributed by atoms with Gasteiger partial charge in [-0.25, -0.2) is 4.79 Å². The number of carbonyl (C=O) groups excluding carboxylic acids is 1. The molecule has 0 spiro atoms. The number of piperazine rings is 1. The highest BCUT2D eigenvalue weighted by molar-refractivity contribution is 5.78. The van der Waals surface area contributed by atoms with Crippen LogP contribution in [0.3, 0.4) is 0 Å². The lowest BCUT2D eigenvalue weighted by atomic mass is 10.2. The van der Waals surface area contributed by atoms with E-state index < -0.39 is 5.69 Å². The fourth-order valence-corrected chi connectivity index (χ4v) is 1.86. The highest BCUT2D eigenvalue weighted by atomic mass is 16.3. The Morgan fingerprint density at radius 2 is 1.94 bits per heavy atom. The van der Waals surface area contributed by atoms with Crippen LogP contribution in [0, 0.1) is 0 Å². The van der Waals surface area contributed by atoms with Gasteiger partial charge in [0.05, 0.1) is 12.1 Å². The van der Waals surface area contributed by atoms with E-state index in [1.54, 1.807) is 4.90 Å². The quantitative estimate of drug-likeness (QED) is 0.600. The normalized spacial score (nSPS) is 17.4. The Labute approximate surface area is 98.0 Å². The number of rotatable bonds is 2. The Bertz CT molecular complexity index is 456. The molecule has 1 aromatic heterocycles. The maximum atomic E-state index is 11.9. The van der Waals surface area contributed by atoms with Crippen molar-refractivity contribution in [3.63, 3.8) is 0 Å². The van der Waals surface area contributed by atoms with E-state index in [-0.39, 0.29) is 23.9 Å². The van der Waals surface area contributed by atoms with E-state index in [0.29, 0.717) is 13.1 Å². The lowest BCUT2D eigenvalue weighted by molar-refractivity contribution is -0.132. The summed E-state index contributed by atoms with van der Waals surface area (Å²) in [5.74, 6) is -0.332. The molecule has 0 atom stereocenters. The molecule has 7 heteroatoms. The molecule has 1 fully saturated rings. The number of likely N-dealkylation sites (N-methyl/N-ethyl adjacent to an activating group) is 1. The molecule has 0 aliphatic carbocycles. The first-order valence-corrected chi connectivity index (χ1v) is 5.52. The second-order valence-corrected chi connectivity index (χ2v) is 4.27. The summed E-state index contributed by atoms with van der Waals surface area (Å²) in [5.41, 5.74) is -0.248. The highest BCUT2D eigenvalue weighted by Crippen LogP contribution is 2.10. The Balaban J connectivity index is 1.97. The van der Waals surface area contributed by atoms with E-state index in [0.717, 1.165) is 13.1 Å². The van der Waals surface area contributed by atoms with Crippen molar-refractivity contribution in [2.75, 3.05) is 33.2 Å². The predicted octanol–water partition coefficient (Wildman–Crippen LogP) is -1.27. The van der Waals surface area contributed by atoms with Crippen LogP contribution < -0.4 is 5.69 Å². The maximum absolute atomic E-state index is 11.9. The molecular weight excluding hydrogens is 224 g/mol. The van der Waals surface area contributed by atoms with Gasteiger partial charge in [0, 0.05) is 26.2 Å². The van der Waals surface area contributed by atoms with E-state index in [9.17, 15) is 14.7 Å². The van der Waals surface area contributed by atoms with Crippen molar-refractivity contribution in [1.82, 2.24) is 19.8 Å². The molecule has 0 aromatic carbocycles. The van der Waals surface area contributed by atoms with Gasteiger partial charge in [-0.3, -0.25) is 9.78 Å². The molecule has 94 valence electrons. The molecule has 3 N–H and O–H groups in total. The van der Waals surface area contributed by atoms with Gasteiger partial charge in [0.25, 0.3) is 0 Å². The monoisotopic (exact) mass is 240 g/mol. The minimum absolute atomic E-state index is 0.0221. The van der Waals surface area contributed by atoms with Crippen LogP contribution in [0.15, 0.2) is 4.79 Å². The van der Waals surface area contributed by atoms with Crippen LogP contribution in [-0.2, 0) is 11.2 Å². The third-order valence-electron chi connectivity index (χ3n) is 2.97. The van der Waals surface area contributed by atoms with E-state index >= 15 is 0 Å². The van der Waals surface area contributed by atoms with Crippen LogP contribution in [0.2, 0.25) is 0 Å². The Morgan fingerprint density at radius 1 is 1.29 bits per heavy atom. The molecule has 1 aliphatic rings. The van der Waals surface area contributed by atoms with Crippen molar-refractivity contribution in [2.24, 2.45) is 0 Å². The largest absolute Gasteiger partial charge is 0.493 e. The van der Waals surface area contributed by atoms with Gasteiger partial charge in [0.1, 0.15) is 0 Å². The number of H-pyrrole nitrogens is 2. The number of amides is 1. The summed E-state index contributed by atoms with van der Waals surface area (Å²) in [4.78, 5) is 31.3. The minimum atomic E-state index is -0.497. The summed E-state index contributed by atoms with van der Waals surface area (Å²) in [5, 5.41) is 9.35. The number of imidazole rings is 1. The lowest BCUT2D eigenvalue weighted by Gasteiger charge is -2.32. The summed E-state index contributed by atoms with van der Waals surface area (Å²) in [7, 11) is 2.01. The SMILES string of the molecule is CN1CCN(C(=O)Cc2[nH]c(=O)[nH]c2O)CC1. The first-order valence-electron chi connectivity index (χ1n) is 5.52. The molecule has 2 rings (SSSR count). The van der Waals surface area contributed by atoms with Crippen LogP contribution in [0.4, 0.5) is 0 Å². The van der Waals surface area contributed by atoms with Crippen LogP contribution in [0.5, 0.6) is 5.88 Å². The van der Waals surface area contributed by atoms with Crippen molar-refractivity contribution in [1.29, 1.82) is 0 Å². The van der Waals surface area contributed by atoms with Crippen LogP contribution in [0.1, 0.15) is 5.69 Å². The molecule has 0 unspecified atom stereocenters. The number of aromatic nitrogens is 2. The van der Waals surface area contributed by atoms with Crippen molar-refractivity contribution in [3.05, 3.63) is 16.2 Å². The molecule has 1 aliphatic heterocycles. The van der Waals surface area contributed by atoms with E-state index in [1.807, 2.05) is 7.05 Å². The fourth-order valence-electron chi connectivity index (χ4n) is 1.86. The average molecular weight is 240 g/mol. The standard InChI is InChI=1S/C10H16N4O3/c1-13-2-4-14(5-3-13)8(15)6-7-9(16)12-10(17)11-7/h16H,2-6H2,1H3,(H2,11,12,17). The van der Waals surface area contributed by atoms with Gasteiger partial charge in [-0.15, -0.1) is 0 Å². The number of carbonyl (C=O) groups is 1. The summed E-state index contributed by atoms with van der Waals surface area (Å²) >= 11 is 0. The van der Waals surface area contributed by atoms with Gasteiger partial charge in [0.2, 0.25) is 11.8 Å². The van der Waals surface area contributed by atoms with E-state index in [4.69, 9.17) is 0 Å². The van der Waals surface area contributed by atoms with E-state index in [2.05, 4.69) is 14.9 Å². The van der Waals surface area contributed by atoms with E-state index in [1.165, 1.54) is 0 Å². The smallest absolute Gasteiger partial charge is 0.325 e. The Hall–Kier alpha value is -1.76. The molecule has 2 heterocycles. The zero-order valence-electron chi connectivity index (χ0n) is 9.69. The number of nitrogens with one attached hydrogen (secondary N) is 2. The molecule has 17 heavy (non-hydrogen) atoms. The van der Waals surface area contributed by atoms with Crippen LogP contribution in [-0.4, -0.2) is 64.0 Å². The molecule has 7 nitrogen and oxygen atoms in total. The topological polar surface area (TPSA) is 92.4 Å². The lowest BCUT2D eigenvalue weighted by Crippen LogP contribution is -2.47. The first-order chi connectivity index (χ1) is 8.06. The van der Waals surface area contributed by atoms with Gasteiger partial charge < -0.3 is 19.9 Å². The van der Waals surface area contributed by atoms with Gasteiger partial charge in [-0.05, 0) is 7.05 Å². The highest BCUT2D eigenvalue weighted by Gasteiger charge is 2.20. The molecule has 0 saturated carbocycles. The van der Waals surface area contributed by atoms with Gasteiger partial charge >= 0.3 is 5.69 Å². The second-order valence-electron chi connectivity index (χ2n) is 4.27. The zero-order valence-corrected chi connectivity index (χ0v) is 9.69. The number of hydrogen-bond donors (Lipinski definition) is 3. The van der Waals surface area contributed by atoms with Crippen molar-refractivity contribution in [3.8, 4) is 5.88 Å². The van der Waals surface area contributed by atoms with Crippen molar-refractivity contribution in [2.45, 2.75) is 6.42 Å². The summed E-state index contributed by atoms with van der Waals surface area (Å²) in [6, 6.07) is 0. The second kappa shape index (κ2) is 4.62. The molecule has 0 radical (unpaired) electrons. The maximum Gasteiger partial charge on any atom is 0.325 e. The third kappa shape index (κ3) is 2.68. The predicted molar refractivity (Wildman–Crippen MR) is 60.9 cm³/mol. The molecule has 0 bridgehead atoms. The number of nitrogens with zero attached hydrogens (tertiary/aromatic N) is 2.